The Kier molecular flexibility index (Phi) is 3.42. The topological polar surface area (TPSA) is 38.7 Å². The minimum Gasteiger partial charge on any atom is -0.390 e. The van der Waals surface area contributed by atoms with Gasteiger partial charge in [0.1, 0.15) is 6.10 Å². The first-order valence-electron chi connectivity index (χ1n) is 5.76. The van der Waals surface area contributed by atoms with E-state index in [2.05, 4.69) is 6.92 Å². The van der Waals surface area contributed by atoms with Crippen molar-refractivity contribution in [2.24, 2.45) is 0 Å². The van der Waals surface area contributed by atoms with Crippen LogP contribution in [-0.4, -0.2) is 36.1 Å². The molecule has 0 heterocycles. The molecule has 0 aromatic rings. The first kappa shape index (κ1) is 10.4. The molecule has 0 spiro atoms. The fraction of sp³-hybridized carbons (Fsp3) is 1.00. The number of hydrogen-bond acceptors (Lipinski definition) is 3. The van der Waals surface area contributed by atoms with Crippen LogP contribution in [0.15, 0.2) is 0 Å². The van der Waals surface area contributed by atoms with Crippen LogP contribution < -0.4 is 0 Å². The van der Waals surface area contributed by atoms with E-state index in [-0.39, 0.29) is 18.3 Å². The van der Waals surface area contributed by atoms with Crippen LogP contribution in [0.25, 0.3) is 0 Å². The summed E-state index contributed by atoms with van der Waals surface area (Å²) in [6, 6.07) is 0. The highest BCUT2D eigenvalue weighted by atomic mass is 16.6. The molecule has 2 aliphatic rings. The first-order valence-corrected chi connectivity index (χ1v) is 5.76. The van der Waals surface area contributed by atoms with E-state index in [1.54, 1.807) is 0 Å². The summed E-state index contributed by atoms with van der Waals surface area (Å²) in [7, 11) is 0. The average molecular weight is 200 g/mol. The Morgan fingerprint density at radius 1 is 1.36 bits per heavy atom. The Hall–Kier alpha value is -0.120. The molecule has 14 heavy (non-hydrogen) atoms. The molecule has 3 heteroatoms. The smallest absolute Gasteiger partial charge is 0.110 e. The molecule has 82 valence electrons. The number of aliphatic hydroxyl groups excluding tert-OH is 1. The van der Waals surface area contributed by atoms with E-state index in [0.717, 1.165) is 19.4 Å². The lowest BCUT2D eigenvalue weighted by atomic mass is 9.86. The van der Waals surface area contributed by atoms with Gasteiger partial charge in [-0.1, -0.05) is 6.92 Å². The Bertz CT molecular complexity index is 179. The maximum Gasteiger partial charge on any atom is 0.110 e. The summed E-state index contributed by atoms with van der Waals surface area (Å²) in [5.41, 5.74) is 0. The highest BCUT2D eigenvalue weighted by Gasteiger charge is 2.43. The van der Waals surface area contributed by atoms with Crippen LogP contribution >= 0.6 is 0 Å². The SMILES string of the molecule is CCCOC1C(O)CC1OC1CCC1. The zero-order valence-corrected chi connectivity index (χ0v) is 8.82. The third-order valence-corrected chi connectivity index (χ3v) is 3.15. The average Bonchev–Trinajstić information content (AvgIpc) is 2.09. The van der Waals surface area contributed by atoms with Crippen molar-refractivity contribution in [3.8, 4) is 0 Å². The predicted octanol–water partition coefficient (Wildman–Crippen LogP) is 1.48. The van der Waals surface area contributed by atoms with E-state index in [1.807, 2.05) is 0 Å². The highest BCUT2D eigenvalue weighted by Crippen LogP contribution is 2.32. The molecule has 0 radical (unpaired) electrons. The van der Waals surface area contributed by atoms with Crippen LogP contribution in [0.4, 0.5) is 0 Å². The summed E-state index contributed by atoms with van der Waals surface area (Å²) >= 11 is 0. The van der Waals surface area contributed by atoms with Crippen molar-refractivity contribution in [1.82, 2.24) is 0 Å². The van der Waals surface area contributed by atoms with Gasteiger partial charge in [0.2, 0.25) is 0 Å². The predicted molar refractivity (Wildman–Crippen MR) is 53.2 cm³/mol. The molecule has 3 atom stereocenters. The molecule has 0 aromatic heterocycles. The van der Waals surface area contributed by atoms with E-state index >= 15 is 0 Å². The minimum atomic E-state index is -0.299. The largest absolute Gasteiger partial charge is 0.390 e. The molecule has 1 N–H and O–H groups in total. The number of ether oxygens (including phenoxy) is 2. The molecular weight excluding hydrogens is 180 g/mol. The van der Waals surface area contributed by atoms with Crippen LogP contribution in [0.1, 0.15) is 39.0 Å². The lowest BCUT2D eigenvalue weighted by molar-refractivity contribution is -0.215. The normalized spacial score (nSPS) is 37.7. The first-order chi connectivity index (χ1) is 6.81. The highest BCUT2D eigenvalue weighted by molar-refractivity contribution is 4.93. The third-order valence-electron chi connectivity index (χ3n) is 3.15. The zero-order chi connectivity index (χ0) is 9.97. The van der Waals surface area contributed by atoms with Gasteiger partial charge in [-0.15, -0.1) is 0 Å². The van der Waals surface area contributed by atoms with E-state index in [4.69, 9.17) is 9.47 Å². The maximum absolute atomic E-state index is 9.50. The monoisotopic (exact) mass is 200 g/mol. The maximum atomic E-state index is 9.50. The molecule has 0 amide bonds. The Morgan fingerprint density at radius 3 is 2.64 bits per heavy atom. The molecule has 0 aromatic carbocycles. The van der Waals surface area contributed by atoms with Gasteiger partial charge in [-0.2, -0.15) is 0 Å². The summed E-state index contributed by atoms with van der Waals surface area (Å²) < 4.78 is 11.4. The van der Waals surface area contributed by atoms with Gasteiger partial charge >= 0.3 is 0 Å². The van der Waals surface area contributed by atoms with Crippen molar-refractivity contribution >= 4 is 0 Å². The van der Waals surface area contributed by atoms with Crippen LogP contribution in [-0.2, 0) is 9.47 Å². The van der Waals surface area contributed by atoms with Gasteiger partial charge in [0, 0.05) is 13.0 Å². The second-order valence-corrected chi connectivity index (χ2v) is 4.37. The van der Waals surface area contributed by atoms with Gasteiger partial charge in [-0.3, -0.25) is 0 Å². The molecular formula is C11H20O3. The zero-order valence-electron chi connectivity index (χ0n) is 8.82. The molecule has 2 saturated carbocycles. The van der Waals surface area contributed by atoms with Gasteiger partial charge < -0.3 is 14.6 Å². The molecule has 3 nitrogen and oxygen atoms in total. The van der Waals surface area contributed by atoms with Crippen molar-refractivity contribution in [2.75, 3.05) is 6.61 Å². The summed E-state index contributed by atoms with van der Waals surface area (Å²) in [4.78, 5) is 0. The van der Waals surface area contributed by atoms with E-state index in [9.17, 15) is 5.11 Å². The minimum absolute atomic E-state index is 0.0597. The van der Waals surface area contributed by atoms with Crippen LogP contribution in [0.3, 0.4) is 0 Å². The van der Waals surface area contributed by atoms with Crippen LogP contribution in [0.2, 0.25) is 0 Å². The van der Waals surface area contributed by atoms with E-state index in [0.29, 0.717) is 6.10 Å². The lowest BCUT2D eigenvalue weighted by Gasteiger charge is -2.44. The summed E-state index contributed by atoms with van der Waals surface area (Å²) in [5.74, 6) is 0. The van der Waals surface area contributed by atoms with Crippen molar-refractivity contribution in [2.45, 2.75) is 63.4 Å². The molecule has 0 saturated heterocycles. The van der Waals surface area contributed by atoms with Crippen LogP contribution in [0.5, 0.6) is 0 Å². The van der Waals surface area contributed by atoms with Gasteiger partial charge in [-0.25, -0.2) is 0 Å². The second kappa shape index (κ2) is 4.60. The summed E-state index contributed by atoms with van der Waals surface area (Å²) in [6.45, 7) is 2.80. The van der Waals surface area contributed by atoms with Gasteiger partial charge in [0.05, 0.1) is 18.3 Å². The third kappa shape index (κ3) is 2.10. The van der Waals surface area contributed by atoms with Crippen molar-refractivity contribution in [3.63, 3.8) is 0 Å². The Labute approximate surface area is 85.4 Å². The molecule has 0 bridgehead atoms. The number of rotatable bonds is 5. The van der Waals surface area contributed by atoms with E-state index in [1.165, 1.54) is 19.3 Å². The van der Waals surface area contributed by atoms with Gasteiger partial charge in [-0.05, 0) is 25.7 Å². The number of aliphatic hydroxyl groups is 1. The standard InChI is InChI=1S/C11H20O3/c1-2-6-13-11-9(12)7-10(11)14-8-4-3-5-8/h8-12H,2-7H2,1H3. The summed E-state index contributed by atoms with van der Waals surface area (Å²) in [6.07, 6.45) is 5.66. The van der Waals surface area contributed by atoms with Gasteiger partial charge in [0.25, 0.3) is 0 Å². The lowest BCUT2D eigenvalue weighted by Crippen LogP contribution is -2.55. The van der Waals surface area contributed by atoms with Crippen molar-refractivity contribution < 1.29 is 14.6 Å². The second-order valence-electron chi connectivity index (χ2n) is 4.37. The van der Waals surface area contributed by atoms with Gasteiger partial charge in [0.15, 0.2) is 0 Å². The quantitative estimate of drug-likeness (QED) is 0.730. The fourth-order valence-corrected chi connectivity index (χ4v) is 1.92. The Morgan fingerprint density at radius 2 is 2.14 bits per heavy atom. The molecule has 2 aliphatic carbocycles. The molecule has 0 aliphatic heterocycles. The van der Waals surface area contributed by atoms with Crippen LogP contribution in [0, 0.1) is 0 Å². The molecule has 2 fully saturated rings. The van der Waals surface area contributed by atoms with Crippen molar-refractivity contribution in [1.29, 1.82) is 0 Å². The summed E-state index contributed by atoms with van der Waals surface area (Å²) in [5, 5.41) is 9.50. The fourth-order valence-electron chi connectivity index (χ4n) is 1.92. The molecule has 2 rings (SSSR count). The number of hydrogen-bond donors (Lipinski definition) is 1. The molecule has 3 unspecified atom stereocenters. The van der Waals surface area contributed by atoms with E-state index < -0.39 is 0 Å². The Balaban J connectivity index is 1.70. The van der Waals surface area contributed by atoms with Crippen molar-refractivity contribution in [3.05, 3.63) is 0 Å².